The maximum absolute atomic E-state index is 6.19. The lowest BCUT2D eigenvalue weighted by molar-refractivity contribution is 0.122. The molecule has 0 unspecified atom stereocenters. The molecule has 126 valence electrons. The van der Waals surface area contributed by atoms with Crippen LogP contribution in [0.2, 0.25) is 5.02 Å². The van der Waals surface area contributed by atoms with Crippen molar-refractivity contribution in [3.8, 4) is 5.75 Å². The van der Waals surface area contributed by atoms with Crippen molar-refractivity contribution in [1.29, 1.82) is 0 Å². The summed E-state index contributed by atoms with van der Waals surface area (Å²) in [5.41, 5.74) is 3.01. The van der Waals surface area contributed by atoms with Gasteiger partial charge in [-0.1, -0.05) is 11.6 Å². The molecule has 3 rings (SSSR count). The molecule has 1 fully saturated rings. The van der Waals surface area contributed by atoms with E-state index < -0.39 is 0 Å². The Kier molecular flexibility index (Phi) is 5.76. The second kappa shape index (κ2) is 8.01. The Bertz CT molecular complexity index is 705. The SMILES string of the molecule is COc1c(Cl)cc(C=Nc2ccc(N3CCOCC3)cc2)cc1Br. The first kappa shape index (κ1) is 17.3. The van der Waals surface area contributed by atoms with E-state index >= 15 is 0 Å². The summed E-state index contributed by atoms with van der Waals surface area (Å²) >= 11 is 9.64. The highest BCUT2D eigenvalue weighted by molar-refractivity contribution is 9.10. The van der Waals surface area contributed by atoms with E-state index in [0.29, 0.717) is 10.8 Å². The highest BCUT2D eigenvalue weighted by Crippen LogP contribution is 2.33. The van der Waals surface area contributed by atoms with E-state index in [1.54, 1.807) is 13.3 Å². The lowest BCUT2D eigenvalue weighted by Gasteiger charge is -2.28. The summed E-state index contributed by atoms with van der Waals surface area (Å²) in [4.78, 5) is 6.83. The lowest BCUT2D eigenvalue weighted by atomic mass is 10.2. The third-order valence-electron chi connectivity index (χ3n) is 3.81. The largest absolute Gasteiger partial charge is 0.494 e. The van der Waals surface area contributed by atoms with Crippen molar-refractivity contribution in [2.45, 2.75) is 0 Å². The summed E-state index contributed by atoms with van der Waals surface area (Å²) in [6.07, 6.45) is 1.79. The van der Waals surface area contributed by atoms with Gasteiger partial charge in [0.05, 0.1) is 35.5 Å². The number of methoxy groups -OCH3 is 1. The quantitative estimate of drug-likeness (QED) is 0.687. The molecule has 2 aromatic rings. The Morgan fingerprint density at radius 3 is 2.54 bits per heavy atom. The predicted octanol–water partition coefficient (Wildman–Crippen LogP) is 4.70. The van der Waals surface area contributed by atoms with E-state index in [1.165, 1.54) is 5.69 Å². The third kappa shape index (κ3) is 4.09. The highest BCUT2D eigenvalue weighted by Gasteiger charge is 2.10. The normalized spacial score (nSPS) is 15.0. The van der Waals surface area contributed by atoms with E-state index in [1.807, 2.05) is 24.3 Å². The number of hydrogen-bond acceptors (Lipinski definition) is 4. The van der Waals surface area contributed by atoms with Crippen LogP contribution in [0.3, 0.4) is 0 Å². The molecule has 2 aromatic carbocycles. The second-order valence-corrected chi connectivity index (χ2v) is 6.65. The molecule has 1 saturated heterocycles. The zero-order chi connectivity index (χ0) is 16.9. The maximum atomic E-state index is 6.19. The number of hydrogen-bond donors (Lipinski definition) is 0. The minimum Gasteiger partial charge on any atom is -0.494 e. The van der Waals surface area contributed by atoms with Gasteiger partial charge in [-0.25, -0.2) is 0 Å². The molecule has 0 aromatic heterocycles. The molecule has 0 bridgehead atoms. The number of nitrogens with zero attached hydrogens (tertiary/aromatic N) is 2. The van der Waals surface area contributed by atoms with Crippen molar-refractivity contribution >= 4 is 45.1 Å². The number of halogens is 2. The molecule has 6 heteroatoms. The van der Waals surface area contributed by atoms with Crippen LogP contribution in [0.4, 0.5) is 11.4 Å². The summed E-state index contributed by atoms with van der Waals surface area (Å²) < 4.78 is 11.4. The molecule has 1 aliphatic heterocycles. The minimum absolute atomic E-state index is 0.552. The second-order valence-electron chi connectivity index (χ2n) is 5.39. The molecular formula is C18H18BrClN2O2. The van der Waals surface area contributed by atoms with Gasteiger partial charge in [0.15, 0.2) is 5.75 Å². The van der Waals surface area contributed by atoms with Gasteiger partial charge in [-0.3, -0.25) is 4.99 Å². The molecule has 0 N–H and O–H groups in total. The fourth-order valence-corrected chi connectivity index (χ4v) is 3.63. The average molecular weight is 410 g/mol. The van der Waals surface area contributed by atoms with Gasteiger partial charge < -0.3 is 14.4 Å². The van der Waals surface area contributed by atoms with Crippen LogP contribution in [0.15, 0.2) is 45.9 Å². The fourth-order valence-electron chi connectivity index (χ4n) is 2.57. The van der Waals surface area contributed by atoms with Gasteiger partial charge in [-0.05, 0) is 57.9 Å². The molecule has 24 heavy (non-hydrogen) atoms. The number of ether oxygens (including phenoxy) is 2. The van der Waals surface area contributed by atoms with Crippen molar-refractivity contribution in [1.82, 2.24) is 0 Å². The van der Waals surface area contributed by atoms with E-state index in [-0.39, 0.29) is 0 Å². The molecule has 0 radical (unpaired) electrons. The molecule has 0 aliphatic carbocycles. The van der Waals surface area contributed by atoms with Gasteiger partial charge in [0.25, 0.3) is 0 Å². The molecule has 0 amide bonds. The standard InChI is InChI=1S/C18H18BrClN2O2/c1-23-18-16(19)10-13(11-17(18)20)12-21-14-2-4-15(5-3-14)22-6-8-24-9-7-22/h2-5,10-12H,6-9H2,1H3. The molecular weight excluding hydrogens is 392 g/mol. The highest BCUT2D eigenvalue weighted by atomic mass is 79.9. The average Bonchev–Trinajstić information content (AvgIpc) is 2.61. The van der Waals surface area contributed by atoms with Crippen LogP contribution in [-0.4, -0.2) is 39.6 Å². The Morgan fingerprint density at radius 1 is 1.21 bits per heavy atom. The van der Waals surface area contributed by atoms with Gasteiger partial charge in [0.2, 0.25) is 0 Å². The summed E-state index contributed by atoms with van der Waals surface area (Å²) in [6, 6.07) is 12.0. The van der Waals surface area contributed by atoms with Crippen LogP contribution in [0.5, 0.6) is 5.75 Å². The molecule has 0 saturated carbocycles. The molecule has 1 heterocycles. The van der Waals surface area contributed by atoms with Gasteiger partial charge in [-0.15, -0.1) is 0 Å². The Balaban J connectivity index is 1.72. The smallest absolute Gasteiger partial charge is 0.151 e. The summed E-state index contributed by atoms with van der Waals surface area (Å²) in [6.45, 7) is 3.43. The fraction of sp³-hybridized carbons (Fsp3) is 0.278. The van der Waals surface area contributed by atoms with Crippen LogP contribution in [0.25, 0.3) is 0 Å². The van der Waals surface area contributed by atoms with Gasteiger partial charge in [0.1, 0.15) is 0 Å². The van der Waals surface area contributed by atoms with Gasteiger partial charge >= 0.3 is 0 Å². The van der Waals surface area contributed by atoms with Crippen LogP contribution < -0.4 is 9.64 Å². The monoisotopic (exact) mass is 408 g/mol. The number of benzene rings is 2. The number of morpholine rings is 1. The van der Waals surface area contributed by atoms with Crippen molar-refractivity contribution < 1.29 is 9.47 Å². The predicted molar refractivity (Wildman–Crippen MR) is 102 cm³/mol. The lowest BCUT2D eigenvalue weighted by Crippen LogP contribution is -2.36. The summed E-state index contributed by atoms with van der Waals surface area (Å²) in [5.74, 6) is 0.628. The van der Waals surface area contributed by atoms with E-state index in [4.69, 9.17) is 21.1 Å². The van der Waals surface area contributed by atoms with E-state index in [9.17, 15) is 0 Å². The molecule has 1 aliphatic rings. The number of anilines is 1. The van der Waals surface area contributed by atoms with Crippen LogP contribution in [0, 0.1) is 0 Å². The minimum atomic E-state index is 0.552. The first-order valence-electron chi connectivity index (χ1n) is 7.67. The van der Waals surface area contributed by atoms with E-state index in [2.05, 4.69) is 38.0 Å². The maximum Gasteiger partial charge on any atom is 0.151 e. The molecule has 0 atom stereocenters. The summed E-state index contributed by atoms with van der Waals surface area (Å²) in [7, 11) is 1.59. The zero-order valence-corrected chi connectivity index (χ0v) is 15.7. The Hall–Kier alpha value is -1.56. The van der Waals surface area contributed by atoms with Crippen molar-refractivity contribution in [2.24, 2.45) is 4.99 Å². The summed E-state index contributed by atoms with van der Waals surface area (Å²) in [5, 5.41) is 0.552. The van der Waals surface area contributed by atoms with Crippen LogP contribution in [-0.2, 0) is 4.74 Å². The Labute approximate surface area is 155 Å². The van der Waals surface area contributed by atoms with Gasteiger partial charge in [0, 0.05) is 25.0 Å². The van der Waals surface area contributed by atoms with Crippen molar-refractivity contribution in [2.75, 3.05) is 38.3 Å². The van der Waals surface area contributed by atoms with Crippen LogP contribution in [0.1, 0.15) is 5.56 Å². The third-order valence-corrected chi connectivity index (χ3v) is 4.68. The first-order chi connectivity index (χ1) is 11.7. The van der Waals surface area contributed by atoms with Crippen LogP contribution >= 0.6 is 27.5 Å². The zero-order valence-electron chi connectivity index (χ0n) is 13.3. The first-order valence-corrected chi connectivity index (χ1v) is 8.84. The van der Waals surface area contributed by atoms with Gasteiger partial charge in [-0.2, -0.15) is 0 Å². The van der Waals surface area contributed by atoms with Crippen molar-refractivity contribution in [3.63, 3.8) is 0 Å². The number of rotatable bonds is 4. The van der Waals surface area contributed by atoms with E-state index in [0.717, 1.165) is 42.0 Å². The molecule has 0 spiro atoms. The molecule has 4 nitrogen and oxygen atoms in total. The number of aliphatic imine (C=N–C) groups is 1. The topological polar surface area (TPSA) is 34.1 Å². The van der Waals surface area contributed by atoms with Crippen molar-refractivity contribution in [3.05, 3.63) is 51.5 Å². The Morgan fingerprint density at radius 2 is 1.92 bits per heavy atom.